The lowest BCUT2D eigenvalue weighted by Gasteiger charge is -1.65. The highest BCUT2D eigenvalue weighted by atomic mass is 19.1. The van der Waals surface area contributed by atoms with E-state index < -0.39 is 0 Å². The van der Waals surface area contributed by atoms with E-state index in [1.54, 1.807) is 0 Å². The molecule has 0 rings (SSSR count). The van der Waals surface area contributed by atoms with Gasteiger partial charge in [-0.3, -0.25) is 0 Å². The third-order valence-electron chi connectivity index (χ3n) is 0.0891. The van der Waals surface area contributed by atoms with E-state index in [1.165, 1.54) is 0 Å². The predicted molar refractivity (Wildman–Crippen MR) is 14.5 cm³/mol. The van der Waals surface area contributed by atoms with Gasteiger partial charge in [-0.15, -0.1) is 0 Å². The number of halogens is 1. The van der Waals surface area contributed by atoms with Crippen LogP contribution in [0.25, 0.3) is 0 Å². The van der Waals surface area contributed by atoms with Crippen LogP contribution in [0.4, 0.5) is 4.39 Å². The summed E-state index contributed by atoms with van der Waals surface area (Å²) >= 11 is 0. The zero-order valence-corrected chi connectivity index (χ0v) is 2.24. The van der Waals surface area contributed by atoms with Crippen molar-refractivity contribution in [2.75, 3.05) is 6.54 Å². The summed E-state index contributed by atoms with van der Waals surface area (Å²) in [6.07, 6.45) is 0. The smallest absolute Gasteiger partial charge is 0.145 e. The lowest BCUT2D eigenvalue weighted by atomic mass is 10.8. The summed E-state index contributed by atoms with van der Waals surface area (Å²) in [4.78, 5) is 0. The van der Waals surface area contributed by atoms with Gasteiger partial charge in [0.25, 0.3) is 0 Å². The van der Waals surface area contributed by atoms with Gasteiger partial charge in [-0.05, 0) is 0 Å². The van der Waals surface area contributed by atoms with Crippen LogP contribution in [0, 0.1) is 6.67 Å². The molecule has 0 saturated heterocycles. The van der Waals surface area contributed by atoms with Crippen LogP contribution >= 0.6 is 0 Å². The Labute approximate surface area is 24.6 Å². The van der Waals surface area contributed by atoms with Gasteiger partial charge < -0.3 is 5.73 Å². The fraction of sp³-hybridized carbons (Fsp3) is 0.500. The van der Waals surface area contributed by atoms with Crippen molar-refractivity contribution in [2.24, 2.45) is 5.73 Å². The highest BCUT2D eigenvalue weighted by Gasteiger charge is 1.62. The van der Waals surface area contributed by atoms with E-state index in [0.29, 0.717) is 6.67 Å². The van der Waals surface area contributed by atoms with Crippen LogP contribution in [0.2, 0.25) is 0 Å². The summed E-state index contributed by atoms with van der Waals surface area (Å²) in [5, 5.41) is 0. The molecular formula is C2H5FN. The maximum atomic E-state index is 10.5. The third-order valence-corrected chi connectivity index (χ3v) is 0.0891. The second-order valence-electron chi connectivity index (χ2n) is 0.390. The molecule has 25 valence electrons. The molecule has 0 bridgehead atoms. The first-order valence-electron chi connectivity index (χ1n) is 1.03. The van der Waals surface area contributed by atoms with Gasteiger partial charge in [0, 0.05) is 6.54 Å². The van der Waals surface area contributed by atoms with E-state index in [-0.39, 0.29) is 6.54 Å². The molecule has 4 heavy (non-hydrogen) atoms. The van der Waals surface area contributed by atoms with Gasteiger partial charge >= 0.3 is 0 Å². The zero-order chi connectivity index (χ0) is 3.41. The first-order valence-corrected chi connectivity index (χ1v) is 1.03. The molecule has 0 aromatic heterocycles. The van der Waals surface area contributed by atoms with Crippen LogP contribution in [-0.4, -0.2) is 6.54 Å². The van der Waals surface area contributed by atoms with Crippen molar-refractivity contribution in [1.82, 2.24) is 0 Å². The Morgan fingerprint density at radius 3 is 2.25 bits per heavy atom. The van der Waals surface area contributed by atoms with Gasteiger partial charge in [0.1, 0.15) is 6.67 Å². The minimum absolute atomic E-state index is 0.0278. The number of hydrogen-bond donors (Lipinski definition) is 1. The van der Waals surface area contributed by atoms with Crippen molar-refractivity contribution in [1.29, 1.82) is 0 Å². The molecule has 0 atom stereocenters. The Bertz CT molecular complexity index is 8.00. The largest absolute Gasteiger partial charge is 0.328 e. The van der Waals surface area contributed by atoms with Crippen LogP contribution in [0.15, 0.2) is 0 Å². The Morgan fingerprint density at radius 2 is 2.25 bits per heavy atom. The molecule has 0 amide bonds. The van der Waals surface area contributed by atoms with Crippen LogP contribution < -0.4 is 5.73 Å². The maximum absolute atomic E-state index is 10.5. The van der Waals surface area contributed by atoms with E-state index >= 15 is 0 Å². The second-order valence-corrected chi connectivity index (χ2v) is 0.390. The fourth-order valence-electron chi connectivity index (χ4n) is 0. The summed E-state index contributed by atoms with van der Waals surface area (Å²) < 4.78 is 10.5. The summed E-state index contributed by atoms with van der Waals surface area (Å²) in [5.74, 6) is 0. The molecule has 0 heterocycles. The molecule has 1 radical (unpaired) electrons. The molecule has 0 aromatic carbocycles. The van der Waals surface area contributed by atoms with E-state index in [4.69, 9.17) is 0 Å². The Kier molecular flexibility index (Phi) is 2.81. The lowest BCUT2D eigenvalue weighted by Crippen LogP contribution is -1.93. The first-order chi connectivity index (χ1) is 1.91. The first kappa shape index (κ1) is 3.89. The molecule has 0 aliphatic rings. The van der Waals surface area contributed by atoms with Crippen molar-refractivity contribution < 1.29 is 4.39 Å². The highest BCUT2D eigenvalue weighted by Crippen LogP contribution is 1.62. The monoisotopic (exact) mass is 62.0 g/mol. The van der Waals surface area contributed by atoms with E-state index in [1.807, 2.05) is 0 Å². The Hall–Kier alpha value is -0.110. The minimum atomic E-state index is 0.0278. The molecule has 0 aliphatic heterocycles. The van der Waals surface area contributed by atoms with Gasteiger partial charge in [0.15, 0.2) is 0 Å². The van der Waals surface area contributed by atoms with Gasteiger partial charge in [0.05, 0.1) is 0 Å². The second kappa shape index (κ2) is 2.89. The minimum Gasteiger partial charge on any atom is -0.328 e. The van der Waals surface area contributed by atoms with Crippen molar-refractivity contribution in [3.8, 4) is 0 Å². The number of hydrogen-bond acceptors (Lipinski definition) is 1. The molecule has 0 saturated carbocycles. The normalized spacial score (nSPS) is 7.50. The van der Waals surface area contributed by atoms with E-state index in [2.05, 4.69) is 5.73 Å². The summed E-state index contributed by atoms with van der Waals surface area (Å²) in [6.45, 7) is 0.431. The van der Waals surface area contributed by atoms with Crippen LogP contribution in [0.5, 0.6) is 0 Å². The third kappa shape index (κ3) is 1.89. The SMILES string of the molecule is NC[CH]F. The van der Waals surface area contributed by atoms with Crippen LogP contribution in [-0.2, 0) is 0 Å². The topological polar surface area (TPSA) is 26.0 Å². The average Bonchev–Trinajstić information content (AvgIpc) is 1.37. The molecule has 2 heteroatoms. The molecule has 0 aliphatic carbocycles. The molecule has 2 N–H and O–H groups in total. The molecule has 0 aromatic rings. The van der Waals surface area contributed by atoms with Gasteiger partial charge in [0.2, 0.25) is 0 Å². The summed E-state index contributed by atoms with van der Waals surface area (Å²) in [6, 6.07) is 0. The van der Waals surface area contributed by atoms with Crippen molar-refractivity contribution in [2.45, 2.75) is 0 Å². The molecular weight excluding hydrogens is 57.0 g/mol. The molecule has 0 fully saturated rings. The van der Waals surface area contributed by atoms with Crippen molar-refractivity contribution in [3.05, 3.63) is 6.67 Å². The summed E-state index contributed by atoms with van der Waals surface area (Å²) in [5.41, 5.74) is 4.60. The van der Waals surface area contributed by atoms with Crippen molar-refractivity contribution in [3.63, 3.8) is 0 Å². The molecule has 1 nitrogen and oxygen atoms in total. The standard InChI is InChI=1S/C2H5FN/c3-1-2-4/h1H,2,4H2. The number of rotatable bonds is 1. The van der Waals surface area contributed by atoms with E-state index in [9.17, 15) is 4.39 Å². The molecule has 0 spiro atoms. The Balaban J connectivity index is 1.97. The maximum Gasteiger partial charge on any atom is 0.145 e. The lowest BCUT2D eigenvalue weighted by molar-refractivity contribution is 0.606. The molecule has 0 unspecified atom stereocenters. The average molecular weight is 62.1 g/mol. The van der Waals surface area contributed by atoms with E-state index in [0.717, 1.165) is 0 Å². The summed E-state index contributed by atoms with van der Waals surface area (Å²) in [7, 11) is 0. The van der Waals surface area contributed by atoms with Gasteiger partial charge in [-0.25, -0.2) is 4.39 Å². The number of nitrogens with two attached hydrogens (primary N) is 1. The quantitative estimate of drug-likeness (QED) is 0.457. The van der Waals surface area contributed by atoms with Crippen LogP contribution in [0.3, 0.4) is 0 Å². The fourth-order valence-corrected chi connectivity index (χ4v) is 0. The zero-order valence-electron chi connectivity index (χ0n) is 2.24. The van der Waals surface area contributed by atoms with Gasteiger partial charge in [-0.2, -0.15) is 0 Å². The van der Waals surface area contributed by atoms with Crippen LogP contribution in [0.1, 0.15) is 0 Å². The highest BCUT2D eigenvalue weighted by molar-refractivity contribution is 4.40. The Morgan fingerprint density at radius 1 is 2.00 bits per heavy atom. The van der Waals surface area contributed by atoms with Crippen molar-refractivity contribution >= 4 is 0 Å². The predicted octanol–water partition coefficient (Wildman–Crippen LogP) is 0.0764. The van der Waals surface area contributed by atoms with Gasteiger partial charge in [-0.1, -0.05) is 0 Å².